The first-order valence-corrected chi connectivity index (χ1v) is 11.2. The number of anilines is 2. The first kappa shape index (κ1) is 22.7. The number of nitrogens with one attached hydrogen (secondary N) is 1. The molecule has 2 fully saturated rings. The number of ether oxygens (including phenoxy) is 1. The third-order valence-corrected chi connectivity index (χ3v) is 6.25. The van der Waals surface area contributed by atoms with Crippen LogP contribution in [0.1, 0.15) is 40.5 Å². The molecule has 0 aliphatic carbocycles. The molecule has 0 spiro atoms. The maximum absolute atomic E-state index is 12.7. The van der Waals surface area contributed by atoms with Crippen molar-refractivity contribution in [3.05, 3.63) is 63.7 Å². The molecule has 0 aromatic heterocycles. The number of nitrogens with zero attached hydrogens (tertiary/aromatic N) is 3. The van der Waals surface area contributed by atoms with Gasteiger partial charge in [-0.1, -0.05) is 6.92 Å². The van der Waals surface area contributed by atoms with Crippen LogP contribution < -0.4 is 10.2 Å². The Hall–Kier alpha value is -3.46. The standard InChI is InChI=1S/C24H28N4O5/c1-17-8-10-26(11-9-17)21-7-4-19(16-22(21)28(31)32)23(29)25-20-5-2-18(3-6-20)24(30)27-12-14-33-15-13-27/h2-7,16-17H,8-15H2,1H3,(H,25,29). The smallest absolute Gasteiger partial charge is 0.293 e. The highest BCUT2D eigenvalue weighted by molar-refractivity contribution is 6.05. The molecule has 0 radical (unpaired) electrons. The number of amides is 2. The minimum Gasteiger partial charge on any atom is -0.378 e. The zero-order valence-corrected chi connectivity index (χ0v) is 18.7. The fourth-order valence-corrected chi connectivity index (χ4v) is 4.18. The fraction of sp³-hybridized carbons (Fsp3) is 0.417. The highest BCUT2D eigenvalue weighted by Crippen LogP contribution is 2.32. The van der Waals surface area contributed by atoms with E-state index in [0.29, 0.717) is 49.2 Å². The van der Waals surface area contributed by atoms with Crippen molar-refractivity contribution in [3.8, 4) is 0 Å². The van der Waals surface area contributed by atoms with E-state index < -0.39 is 10.8 Å². The summed E-state index contributed by atoms with van der Waals surface area (Å²) in [7, 11) is 0. The predicted octanol–water partition coefficient (Wildman–Crippen LogP) is 3.56. The van der Waals surface area contributed by atoms with Crippen LogP contribution in [0.3, 0.4) is 0 Å². The predicted molar refractivity (Wildman–Crippen MR) is 125 cm³/mol. The quantitative estimate of drug-likeness (QED) is 0.549. The zero-order chi connectivity index (χ0) is 23.4. The number of benzene rings is 2. The number of piperidine rings is 1. The summed E-state index contributed by atoms with van der Waals surface area (Å²) in [5.41, 5.74) is 1.74. The average Bonchev–Trinajstić information content (AvgIpc) is 2.84. The van der Waals surface area contributed by atoms with Gasteiger partial charge in [0, 0.05) is 49.1 Å². The molecule has 2 aliphatic heterocycles. The Morgan fingerprint density at radius 3 is 2.27 bits per heavy atom. The van der Waals surface area contributed by atoms with Gasteiger partial charge < -0.3 is 19.9 Å². The number of hydrogen-bond acceptors (Lipinski definition) is 6. The van der Waals surface area contributed by atoms with E-state index >= 15 is 0 Å². The van der Waals surface area contributed by atoms with Crippen molar-refractivity contribution in [1.82, 2.24) is 4.90 Å². The number of rotatable bonds is 5. The maximum Gasteiger partial charge on any atom is 0.293 e. The molecule has 2 saturated heterocycles. The van der Waals surface area contributed by atoms with E-state index in [9.17, 15) is 19.7 Å². The van der Waals surface area contributed by atoms with Crippen LogP contribution >= 0.6 is 0 Å². The van der Waals surface area contributed by atoms with Gasteiger partial charge in [0.25, 0.3) is 17.5 Å². The van der Waals surface area contributed by atoms with Gasteiger partial charge in [-0.05, 0) is 55.2 Å². The van der Waals surface area contributed by atoms with Gasteiger partial charge in [-0.3, -0.25) is 19.7 Å². The number of carbonyl (C=O) groups excluding carboxylic acids is 2. The second kappa shape index (κ2) is 9.99. The average molecular weight is 453 g/mol. The van der Waals surface area contributed by atoms with Crippen molar-refractivity contribution < 1.29 is 19.2 Å². The van der Waals surface area contributed by atoms with Gasteiger partial charge in [0.2, 0.25) is 0 Å². The Morgan fingerprint density at radius 2 is 1.64 bits per heavy atom. The van der Waals surface area contributed by atoms with Crippen molar-refractivity contribution in [2.75, 3.05) is 49.6 Å². The molecule has 9 heteroatoms. The lowest BCUT2D eigenvalue weighted by atomic mass is 9.98. The van der Waals surface area contributed by atoms with Crippen molar-refractivity contribution in [2.45, 2.75) is 19.8 Å². The van der Waals surface area contributed by atoms with Crippen molar-refractivity contribution in [1.29, 1.82) is 0 Å². The molecule has 174 valence electrons. The molecule has 4 rings (SSSR count). The fourth-order valence-electron chi connectivity index (χ4n) is 4.18. The van der Waals surface area contributed by atoms with Crippen molar-refractivity contribution in [2.24, 2.45) is 5.92 Å². The molecule has 0 unspecified atom stereocenters. The zero-order valence-electron chi connectivity index (χ0n) is 18.7. The molecule has 0 bridgehead atoms. The van der Waals surface area contributed by atoms with Crippen LogP contribution in [0.15, 0.2) is 42.5 Å². The van der Waals surface area contributed by atoms with Crippen molar-refractivity contribution in [3.63, 3.8) is 0 Å². The van der Waals surface area contributed by atoms with Crippen LogP contribution in [0.4, 0.5) is 17.1 Å². The number of carbonyl (C=O) groups is 2. The molecular weight excluding hydrogens is 424 g/mol. The van der Waals surface area contributed by atoms with Crippen LogP contribution in [0, 0.1) is 16.0 Å². The number of nitro benzene ring substituents is 1. The van der Waals surface area contributed by atoms with E-state index in [1.165, 1.54) is 6.07 Å². The van der Waals surface area contributed by atoms with Crippen LogP contribution in [0.2, 0.25) is 0 Å². The highest BCUT2D eigenvalue weighted by atomic mass is 16.6. The summed E-state index contributed by atoms with van der Waals surface area (Å²) in [5.74, 6) is 0.0968. The highest BCUT2D eigenvalue weighted by Gasteiger charge is 2.25. The molecular formula is C24H28N4O5. The van der Waals surface area contributed by atoms with Crippen molar-refractivity contribution >= 4 is 28.9 Å². The van der Waals surface area contributed by atoms with Gasteiger partial charge in [-0.15, -0.1) is 0 Å². The first-order valence-electron chi connectivity index (χ1n) is 11.2. The van der Waals surface area contributed by atoms with E-state index in [4.69, 9.17) is 4.74 Å². The molecule has 0 saturated carbocycles. The minimum absolute atomic E-state index is 0.0661. The Kier molecular flexibility index (Phi) is 6.88. The summed E-state index contributed by atoms with van der Waals surface area (Å²) < 4.78 is 5.27. The van der Waals surface area contributed by atoms with Gasteiger partial charge in [-0.2, -0.15) is 0 Å². The SMILES string of the molecule is CC1CCN(c2ccc(C(=O)Nc3ccc(C(=O)N4CCOCC4)cc3)cc2[N+](=O)[O-])CC1. The van der Waals surface area contributed by atoms with E-state index in [2.05, 4.69) is 12.2 Å². The molecule has 0 atom stereocenters. The molecule has 2 heterocycles. The second-order valence-corrected chi connectivity index (χ2v) is 8.57. The molecule has 2 aromatic rings. The topological polar surface area (TPSA) is 105 Å². The lowest BCUT2D eigenvalue weighted by Gasteiger charge is -2.31. The molecule has 2 amide bonds. The Labute approximate surface area is 192 Å². The third-order valence-electron chi connectivity index (χ3n) is 6.25. The molecule has 9 nitrogen and oxygen atoms in total. The van der Waals surface area contributed by atoms with Gasteiger partial charge in [-0.25, -0.2) is 0 Å². The Morgan fingerprint density at radius 1 is 1.00 bits per heavy atom. The summed E-state index contributed by atoms with van der Waals surface area (Å²) in [4.78, 5) is 40.3. The lowest BCUT2D eigenvalue weighted by Crippen LogP contribution is -2.40. The second-order valence-electron chi connectivity index (χ2n) is 8.57. The van der Waals surface area contributed by atoms with E-state index in [0.717, 1.165) is 25.9 Å². The Balaban J connectivity index is 1.45. The number of nitro groups is 1. The van der Waals surface area contributed by atoms with Crippen LogP contribution in [-0.2, 0) is 4.74 Å². The van der Waals surface area contributed by atoms with Crippen LogP contribution in [-0.4, -0.2) is 61.0 Å². The summed E-state index contributed by atoms with van der Waals surface area (Å²) in [5, 5.41) is 14.5. The van der Waals surface area contributed by atoms with Gasteiger partial charge in [0.05, 0.1) is 18.1 Å². The van der Waals surface area contributed by atoms with Crippen LogP contribution in [0.25, 0.3) is 0 Å². The molecule has 2 aromatic carbocycles. The first-order chi connectivity index (χ1) is 15.9. The van der Waals surface area contributed by atoms with E-state index in [1.807, 2.05) is 4.90 Å². The molecule has 33 heavy (non-hydrogen) atoms. The monoisotopic (exact) mass is 452 g/mol. The maximum atomic E-state index is 12.7. The molecule has 2 aliphatic rings. The third kappa shape index (κ3) is 5.31. The van der Waals surface area contributed by atoms with Crippen LogP contribution in [0.5, 0.6) is 0 Å². The van der Waals surface area contributed by atoms with Gasteiger partial charge >= 0.3 is 0 Å². The van der Waals surface area contributed by atoms with Gasteiger partial charge in [0.15, 0.2) is 0 Å². The summed E-state index contributed by atoms with van der Waals surface area (Å²) in [6, 6.07) is 11.2. The summed E-state index contributed by atoms with van der Waals surface area (Å²) in [6.45, 7) is 5.89. The number of morpholine rings is 1. The van der Waals surface area contributed by atoms with Gasteiger partial charge in [0.1, 0.15) is 5.69 Å². The number of hydrogen-bond donors (Lipinski definition) is 1. The summed E-state index contributed by atoms with van der Waals surface area (Å²) >= 11 is 0. The summed E-state index contributed by atoms with van der Waals surface area (Å²) in [6.07, 6.45) is 1.98. The normalized spacial score (nSPS) is 17.0. The van der Waals surface area contributed by atoms with E-state index in [-0.39, 0.29) is 17.2 Å². The lowest BCUT2D eigenvalue weighted by molar-refractivity contribution is -0.384. The Bertz CT molecular complexity index is 1030. The largest absolute Gasteiger partial charge is 0.378 e. The van der Waals surface area contributed by atoms with E-state index in [1.54, 1.807) is 41.3 Å². The minimum atomic E-state index is -0.441. The molecule has 1 N–H and O–H groups in total.